The number of likely N-dealkylation sites (tertiary alicyclic amines) is 1. The first-order valence-corrected chi connectivity index (χ1v) is 6.88. The van der Waals surface area contributed by atoms with E-state index in [0.29, 0.717) is 5.92 Å². The molecule has 0 spiro atoms. The van der Waals surface area contributed by atoms with E-state index in [9.17, 15) is 4.79 Å². The maximum absolute atomic E-state index is 12.4. The normalized spacial score (nSPS) is 15.7. The van der Waals surface area contributed by atoms with Crippen LogP contribution in [0.15, 0.2) is 24.3 Å². The van der Waals surface area contributed by atoms with Crippen molar-refractivity contribution in [3.63, 3.8) is 0 Å². The van der Waals surface area contributed by atoms with Crippen LogP contribution < -0.4 is 10.6 Å². The Kier molecular flexibility index (Phi) is 6.30. The Morgan fingerprint density at radius 2 is 2.00 bits per heavy atom. The molecule has 0 radical (unpaired) electrons. The van der Waals surface area contributed by atoms with Crippen LogP contribution in [0.25, 0.3) is 0 Å². The van der Waals surface area contributed by atoms with Crippen LogP contribution in [0.2, 0.25) is 0 Å². The summed E-state index contributed by atoms with van der Waals surface area (Å²) in [6.07, 6.45) is 2.05. The third kappa shape index (κ3) is 3.87. The van der Waals surface area contributed by atoms with Crippen molar-refractivity contribution in [2.75, 3.05) is 38.6 Å². The SMILES string of the molecule is CN(C)c1cccc(C(=O)N2CCC(CN)CC2)c1.Cl. The number of benzene rings is 1. The van der Waals surface area contributed by atoms with Crippen molar-refractivity contribution in [3.05, 3.63) is 29.8 Å². The van der Waals surface area contributed by atoms with E-state index in [-0.39, 0.29) is 18.3 Å². The first kappa shape index (κ1) is 16.8. The number of piperidine rings is 1. The summed E-state index contributed by atoms with van der Waals surface area (Å²) in [6.45, 7) is 2.39. The van der Waals surface area contributed by atoms with Crippen molar-refractivity contribution in [1.82, 2.24) is 4.90 Å². The van der Waals surface area contributed by atoms with Gasteiger partial charge in [-0.05, 0) is 43.5 Å². The Hall–Kier alpha value is -1.26. The van der Waals surface area contributed by atoms with Gasteiger partial charge in [-0.25, -0.2) is 0 Å². The summed E-state index contributed by atoms with van der Waals surface area (Å²) in [5.41, 5.74) is 7.51. The molecule has 0 bridgehead atoms. The van der Waals surface area contributed by atoms with Crippen LogP contribution in [0.5, 0.6) is 0 Å². The lowest BCUT2D eigenvalue weighted by Crippen LogP contribution is -2.40. The molecule has 20 heavy (non-hydrogen) atoms. The second-order valence-electron chi connectivity index (χ2n) is 5.42. The molecule has 2 N–H and O–H groups in total. The average molecular weight is 298 g/mol. The van der Waals surface area contributed by atoms with Crippen LogP contribution in [-0.2, 0) is 0 Å². The summed E-state index contributed by atoms with van der Waals surface area (Å²) in [7, 11) is 3.96. The number of carbonyl (C=O) groups is 1. The molecule has 0 atom stereocenters. The maximum Gasteiger partial charge on any atom is 0.253 e. The highest BCUT2D eigenvalue weighted by Crippen LogP contribution is 2.20. The van der Waals surface area contributed by atoms with Crippen molar-refractivity contribution >= 4 is 24.0 Å². The number of nitrogens with two attached hydrogens (primary N) is 1. The molecule has 4 nitrogen and oxygen atoms in total. The van der Waals surface area contributed by atoms with Gasteiger partial charge in [-0.2, -0.15) is 0 Å². The zero-order valence-corrected chi connectivity index (χ0v) is 13.0. The first-order chi connectivity index (χ1) is 9.11. The van der Waals surface area contributed by atoms with E-state index >= 15 is 0 Å². The Morgan fingerprint density at radius 1 is 1.35 bits per heavy atom. The fourth-order valence-corrected chi connectivity index (χ4v) is 2.47. The van der Waals surface area contributed by atoms with E-state index in [1.54, 1.807) is 0 Å². The number of halogens is 1. The van der Waals surface area contributed by atoms with Crippen molar-refractivity contribution in [3.8, 4) is 0 Å². The van der Waals surface area contributed by atoms with E-state index < -0.39 is 0 Å². The Morgan fingerprint density at radius 3 is 2.55 bits per heavy atom. The molecular weight excluding hydrogens is 274 g/mol. The fraction of sp³-hybridized carbons (Fsp3) is 0.533. The van der Waals surface area contributed by atoms with Gasteiger partial charge in [0.1, 0.15) is 0 Å². The number of anilines is 1. The monoisotopic (exact) mass is 297 g/mol. The molecule has 1 aromatic carbocycles. The lowest BCUT2D eigenvalue weighted by molar-refractivity contribution is 0.0693. The van der Waals surface area contributed by atoms with Crippen LogP contribution in [-0.4, -0.2) is 44.5 Å². The summed E-state index contributed by atoms with van der Waals surface area (Å²) in [5, 5.41) is 0. The van der Waals surface area contributed by atoms with Crippen LogP contribution in [0.4, 0.5) is 5.69 Å². The molecule has 1 aromatic rings. The Balaban J connectivity index is 0.00000200. The number of carbonyl (C=O) groups excluding carboxylic acids is 1. The second-order valence-corrected chi connectivity index (χ2v) is 5.42. The van der Waals surface area contributed by atoms with Crippen LogP contribution in [0.1, 0.15) is 23.2 Å². The molecule has 1 heterocycles. The highest BCUT2D eigenvalue weighted by Gasteiger charge is 2.22. The van der Waals surface area contributed by atoms with Crippen molar-refractivity contribution in [2.45, 2.75) is 12.8 Å². The minimum absolute atomic E-state index is 0. The van der Waals surface area contributed by atoms with Crippen molar-refractivity contribution in [1.29, 1.82) is 0 Å². The minimum Gasteiger partial charge on any atom is -0.378 e. The van der Waals surface area contributed by atoms with Gasteiger partial charge in [0.25, 0.3) is 5.91 Å². The van der Waals surface area contributed by atoms with Gasteiger partial charge in [-0.1, -0.05) is 6.07 Å². The zero-order valence-electron chi connectivity index (χ0n) is 12.2. The van der Waals surface area contributed by atoms with Gasteiger partial charge in [0, 0.05) is 38.4 Å². The van der Waals surface area contributed by atoms with Gasteiger partial charge in [0.2, 0.25) is 0 Å². The van der Waals surface area contributed by atoms with Crippen molar-refractivity contribution in [2.24, 2.45) is 11.7 Å². The minimum atomic E-state index is 0. The largest absolute Gasteiger partial charge is 0.378 e. The highest BCUT2D eigenvalue weighted by molar-refractivity contribution is 5.95. The second kappa shape index (κ2) is 7.50. The van der Waals surface area contributed by atoms with E-state index in [2.05, 4.69) is 0 Å². The summed E-state index contributed by atoms with van der Waals surface area (Å²) in [6, 6.07) is 7.80. The molecule has 0 aromatic heterocycles. The molecule has 0 aliphatic carbocycles. The summed E-state index contributed by atoms with van der Waals surface area (Å²) in [4.78, 5) is 16.4. The number of amides is 1. The molecule has 1 aliphatic rings. The first-order valence-electron chi connectivity index (χ1n) is 6.88. The van der Waals surface area contributed by atoms with Crippen LogP contribution in [0.3, 0.4) is 0 Å². The third-order valence-electron chi connectivity index (χ3n) is 3.84. The number of rotatable bonds is 3. The van der Waals surface area contributed by atoms with E-state index in [4.69, 9.17) is 5.73 Å². The molecule has 1 saturated heterocycles. The fourth-order valence-electron chi connectivity index (χ4n) is 2.47. The number of hydrogen-bond donors (Lipinski definition) is 1. The summed E-state index contributed by atoms with van der Waals surface area (Å²) >= 11 is 0. The predicted molar refractivity (Wildman–Crippen MR) is 85.7 cm³/mol. The summed E-state index contributed by atoms with van der Waals surface area (Å²) < 4.78 is 0. The molecule has 5 heteroatoms. The molecule has 2 rings (SSSR count). The molecule has 0 saturated carbocycles. The molecule has 1 amide bonds. The zero-order chi connectivity index (χ0) is 13.8. The van der Waals surface area contributed by atoms with Crippen LogP contribution >= 0.6 is 12.4 Å². The lowest BCUT2D eigenvalue weighted by Gasteiger charge is -2.31. The van der Waals surface area contributed by atoms with Gasteiger partial charge < -0.3 is 15.5 Å². The third-order valence-corrected chi connectivity index (χ3v) is 3.84. The smallest absolute Gasteiger partial charge is 0.253 e. The Bertz CT molecular complexity index is 442. The molecular formula is C15H24ClN3O. The van der Waals surface area contributed by atoms with Crippen molar-refractivity contribution < 1.29 is 4.79 Å². The van der Waals surface area contributed by atoms with Gasteiger partial charge in [-0.3, -0.25) is 4.79 Å². The molecule has 1 fully saturated rings. The van der Waals surface area contributed by atoms with Gasteiger partial charge >= 0.3 is 0 Å². The van der Waals surface area contributed by atoms with E-state index in [1.807, 2.05) is 48.2 Å². The van der Waals surface area contributed by atoms with Gasteiger partial charge in [-0.15, -0.1) is 12.4 Å². The highest BCUT2D eigenvalue weighted by atomic mass is 35.5. The van der Waals surface area contributed by atoms with E-state index in [0.717, 1.165) is 43.7 Å². The average Bonchev–Trinajstić information content (AvgIpc) is 2.46. The lowest BCUT2D eigenvalue weighted by atomic mass is 9.96. The number of hydrogen-bond acceptors (Lipinski definition) is 3. The van der Waals surface area contributed by atoms with Gasteiger partial charge in [0.05, 0.1) is 0 Å². The number of nitrogens with zero attached hydrogens (tertiary/aromatic N) is 2. The molecule has 112 valence electrons. The maximum atomic E-state index is 12.4. The quantitative estimate of drug-likeness (QED) is 0.928. The standard InChI is InChI=1S/C15H23N3O.ClH/c1-17(2)14-5-3-4-13(10-14)15(19)18-8-6-12(11-16)7-9-18;/h3-5,10,12H,6-9,11,16H2,1-2H3;1H. The van der Waals surface area contributed by atoms with E-state index in [1.165, 1.54) is 0 Å². The molecule has 0 unspecified atom stereocenters. The van der Waals surface area contributed by atoms with Gasteiger partial charge in [0.15, 0.2) is 0 Å². The molecule has 1 aliphatic heterocycles. The van der Waals surface area contributed by atoms with Crippen LogP contribution in [0, 0.1) is 5.92 Å². The topological polar surface area (TPSA) is 49.6 Å². The predicted octanol–water partition coefficient (Wildman–Crippen LogP) is 1.99. The summed E-state index contributed by atoms with van der Waals surface area (Å²) in [5.74, 6) is 0.719. The Labute approximate surface area is 127 Å².